The Hall–Kier alpha value is -2.69. The van der Waals surface area contributed by atoms with Gasteiger partial charge in [-0.05, 0) is 24.3 Å². The molecule has 5 heteroatoms. The molecule has 0 aliphatic rings. The third-order valence-electron chi connectivity index (χ3n) is 2.60. The lowest BCUT2D eigenvalue weighted by molar-refractivity contribution is 0.0472. The maximum Gasteiger partial charge on any atom is 0.342 e. The predicted octanol–water partition coefficient (Wildman–Crippen LogP) is 2.57. The Morgan fingerprint density at radius 2 is 1.85 bits per heavy atom. The summed E-state index contributed by atoms with van der Waals surface area (Å²) in [7, 11) is 0. The lowest BCUT2D eigenvalue weighted by Gasteiger charge is -2.05. The van der Waals surface area contributed by atoms with Crippen molar-refractivity contribution in [2.24, 2.45) is 0 Å². The Labute approximate surface area is 114 Å². The number of aromatic hydroxyl groups is 1. The minimum absolute atomic E-state index is 0.0282. The molecule has 1 N–H and O–H groups in total. The smallest absolute Gasteiger partial charge is 0.342 e. The van der Waals surface area contributed by atoms with Crippen molar-refractivity contribution in [3.8, 4) is 5.75 Å². The Morgan fingerprint density at radius 3 is 2.55 bits per heavy atom. The highest BCUT2D eigenvalue weighted by atomic mass is 19.1. The molecule has 2 rings (SSSR count). The Morgan fingerprint density at radius 1 is 1.10 bits per heavy atom. The maximum atomic E-state index is 13.0. The molecule has 0 fully saturated rings. The highest BCUT2D eigenvalue weighted by molar-refractivity contribution is 5.99. The molecule has 2 aromatic rings. The minimum atomic E-state index is -0.812. The second-order valence-electron chi connectivity index (χ2n) is 4.03. The zero-order valence-electron chi connectivity index (χ0n) is 10.4. The number of halogens is 1. The second-order valence-corrected chi connectivity index (χ2v) is 4.03. The largest absolute Gasteiger partial charge is 0.507 e. The summed E-state index contributed by atoms with van der Waals surface area (Å²) in [5.74, 6) is -2.10. The van der Waals surface area contributed by atoms with Gasteiger partial charge in [-0.25, -0.2) is 9.18 Å². The summed E-state index contributed by atoms with van der Waals surface area (Å²) >= 11 is 0. The van der Waals surface area contributed by atoms with Crippen molar-refractivity contribution in [1.29, 1.82) is 0 Å². The van der Waals surface area contributed by atoms with Crippen LogP contribution >= 0.6 is 0 Å². The van der Waals surface area contributed by atoms with Crippen molar-refractivity contribution in [3.63, 3.8) is 0 Å². The van der Waals surface area contributed by atoms with Crippen molar-refractivity contribution in [3.05, 3.63) is 65.5 Å². The van der Waals surface area contributed by atoms with Crippen LogP contribution in [0.15, 0.2) is 48.5 Å². The molecule has 0 radical (unpaired) electrons. The van der Waals surface area contributed by atoms with Gasteiger partial charge in [0.1, 0.15) is 17.1 Å². The van der Waals surface area contributed by atoms with Gasteiger partial charge in [-0.15, -0.1) is 0 Å². The number of para-hydroxylation sites is 1. The van der Waals surface area contributed by atoms with Crippen molar-refractivity contribution >= 4 is 11.8 Å². The Kier molecular flexibility index (Phi) is 4.10. The third kappa shape index (κ3) is 3.20. The fourth-order valence-electron chi connectivity index (χ4n) is 1.60. The average Bonchev–Trinajstić information content (AvgIpc) is 2.45. The van der Waals surface area contributed by atoms with E-state index in [0.717, 1.165) is 6.07 Å². The zero-order chi connectivity index (χ0) is 14.5. The molecule has 0 amide bonds. The Balaban J connectivity index is 2.01. The van der Waals surface area contributed by atoms with E-state index >= 15 is 0 Å². The summed E-state index contributed by atoms with van der Waals surface area (Å²) in [5.41, 5.74) is 0.0922. The summed E-state index contributed by atoms with van der Waals surface area (Å²) in [4.78, 5) is 23.4. The molecule has 0 aliphatic heterocycles. The van der Waals surface area contributed by atoms with E-state index in [2.05, 4.69) is 0 Å². The van der Waals surface area contributed by atoms with Crippen molar-refractivity contribution in [1.82, 2.24) is 0 Å². The van der Waals surface area contributed by atoms with Gasteiger partial charge in [-0.3, -0.25) is 4.79 Å². The highest BCUT2D eigenvalue weighted by Crippen LogP contribution is 2.16. The zero-order valence-corrected chi connectivity index (χ0v) is 10.4. The molecule has 0 heterocycles. The van der Waals surface area contributed by atoms with Gasteiger partial charge < -0.3 is 9.84 Å². The SMILES string of the molecule is O=C(COC(=O)c1ccccc1O)c1cccc(F)c1. The molecule has 0 aromatic heterocycles. The maximum absolute atomic E-state index is 13.0. The molecule has 0 aliphatic carbocycles. The monoisotopic (exact) mass is 274 g/mol. The molecule has 102 valence electrons. The lowest BCUT2D eigenvalue weighted by atomic mass is 10.1. The molecule has 0 spiro atoms. The van der Waals surface area contributed by atoms with Gasteiger partial charge in [0.25, 0.3) is 0 Å². The number of phenols is 1. The molecule has 0 saturated heterocycles. The van der Waals surface area contributed by atoms with E-state index in [-0.39, 0.29) is 16.9 Å². The third-order valence-corrected chi connectivity index (χ3v) is 2.60. The standard InChI is InChI=1S/C15H11FO4/c16-11-5-3-4-10(8-11)14(18)9-20-15(19)12-6-1-2-7-13(12)17/h1-8,17H,9H2. The number of carbonyl (C=O) groups is 2. The topological polar surface area (TPSA) is 63.6 Å². The van der Waals surface area contributed by atoms with Gasteiger partial charge in [-0.1, -0.05) is 24.3 Å². The van der Waals surface area contributed by atoms with Crippen LogP contribution in [0.5, 0.6) is 5.75 Å². The molecule has 0 atom stereocenters. The number of hydrogen-bond donors (Lipinski definition) is 1. The molecular formula is C15H11FO4. The van der Waals surface area contributed by atoms with Gasteiger partial charge in [0.2, 0.25) is 0 Å². The molecule has 0 unspecified atom stereocenters. The van der Waals surface area contributed by atoms with E-state index < -0.39 is 24.2 Å². The number of esters is 1. The summed E-state index contributed by atoms with van der Waals surface area (Å²) in [6, 6.07) is 10.9. The number of ether oxygens (including phenoxy) is 1. The first-order valence-corrected chi connectivity index (χ1v) is 5.82. The molecule has 4 nitrogen and oxygen atoms in total. The van der Waals surface area contributed by atoms with Crippen molar-refractivity contribution in [2.45, 2.75) is 0 Å². The van der Waals surface area contributed by atoms with Gasteiger partial charge >= 0.3 is 5.97 Å². The number of rotatable bonds is 4. The minimum Gasteiger partial charge on any atom is -0.507 e. The van der Waals surface area contributed by atoms with Crippen molar-refractivity contribution in [2.75, 3.05) is 6.61 Å². The summed E-state index contributed by atoms with van der Waals surface area (Å²) in [5, 5.41) is 9.46. The molecular weight excluding hydrogens is 263 g/mol. The van der Waals surface area contributed by atoms with Gasteiger partial charge in [0.15, 0.2) is 12.4 Å². The fraction of sp³-hybridized carbons (Fsp3) is 0.0667. The van der Waals surface area contributed by atoms with E-state index in [4.69, 9.17) is 4.74 Å². The normalized spacial score (nSPS) is 10.1. The van der Waals surface area contributed by atoms with E-state index in [1.807, 2.05) is 0 Å². The second kappa shape index (κ2) is 5.97. The van der Waals surface area contributed by atoms with Crippen LogP contribution in [0.1, 0.15) is 20.7 Å². The highest BCUT2D eigenvalue weighted by Gasteiger charge is 2.14. The number of carbonyl (C=O) groups excluding carboxylic acids is 2. The van der Waals surface area contributed by atoms with Crippen LogP contribution in [0, 0.1) is 5.82 Å². The number of hydrogen-bond acceptors (Lipinski definition) is 4. The number of benzene rings is 2. The van der Waals surface area contributed by atoms with Gasteiger partial charge in [0, 0.05) is 5.56 Å². The number of ketones is 1. The van der Waals surface area contributed by atoms with Crippen LogP contribution in [0.4, 0.5) is 4.39 Å². The van der Waals surface area contributed by atoms with E-state index in [9.17, 15) is 19.1 Å². The number of Topliss-reactive ketones (excluding diaryl/α,β-unsaturated/α-hetero) is 1. The molecule has 0 bridgehead atoms. The molecule has 0 saturated carbocycles. The van der Waals surface area contributed by atoms with E-state index in [1.165, 1.54) is 30.3 Å². The first-order chi connectivity index (χ1) is 9.58. The van der Waals surface area contributed by atoms with Crippen LogP contribution in [0.3, 0.4) is 0 Å². The summed E-state index contributed by atoms with van der Waals surface area (Å²) in [6.45, 7) is -0.517. The molecule has 2 aromatic carbocycles. The van der Waals surface area contributed by atoms with Gasteiger partial charge in [-0.2, -0.15) is 0 Å². The quantitative estimate of drug-likeness (QED) is 0.687. The van der Waals surface area contributed by atoms with Crippen LogP contribution in [-0.4, -0.2) is 23.5 Å². The Bertz CT molecular complexity index is 652. The number of phenolic OH excluding ortho intramolecular Hbond substituents is 1. The summed E-state index contributed by atoms with van der Waals surface area (Å²) < 4.78 is 17.7. The fourth-order valence-corrected chi connectivity index (χ4v) is 1.60. The van der Waals surface area contributed by atoms with Crippen LogP contribution in [-0.2, 0) is 4.74 Å². The first kappa shape index (κ1) is 13.7. The van der Waals surface area contributed by atoms with Crippen LogP contribution in [0.2, 0.25) is 0 Å². The van der Waals surface area contributed by atoms with Crippen molar-refractivity contribution < 1.29 is 23.8 Å². The predicted molar refractivity (Wildman–Crippen MR) is 69.1 cm³/mol. The first-order valence-electron chi connectivity index (χ1n) is 5.82. The summed E-state index contributed by atoms with van der Waals surface area (Å²) in [6.07, 6.45) is 0. The van der Waals surface area contributed by atoms with Crippen LogP contribution < -0.4 is 0 Å². The van der Waals surface area contributed by atoms with Crippen LogP contribution in [0.25, 0.3) is 0 Å². The van der Waals surface area contributed by atoms with E-state index in [0.29, 0.717) is 0 Å². The van der Waals surface area contributed by atoms with E-state index in [1.54, 1.807) is 12.1 Å². The van der Waals surface area contributed by atoms with Gasteiger partial charge in [0.05, 0.1) is 0 Å². The molecule has 20 heavy (non-hydrogen) atoms. The average molecular weight is 274 g/mol. The lowest BCUT2D eigenvalue weighted by Crippen LogP contribution is -2.14.